The van der Waals surface area contributed by atoms with Gasteiger partial charge in [0.2, 0.25) is 0 Å². The molecule has 2 heterocycles. The molecule has 0 spiro atoms. The minimum absolute atomic E-state index is 0.498. The van der Waals surface area contributed by atoms with E-state index in [1.165, 1.54) is 4.88 Å². The van der Waals surface area contributed by atoms with E-state index in [-0.39, 0.29) is 0 Å². The molecule has 5 heteroatoms. The molecule has 17 heavy (non-hydrogen) atoms. The average molecular weight is 252 g/mol. The minimum Gasteiger partial charge on any atom is -0.467 e. The fourth-order valence-corrected chi connectivity index (χ4v) is 2.28. The molecule has 0 aromatic carbocycles. The number of hydrogen-bond acceptors (Lipinski definition) is 5. The minimum atomic E-state index is 0.498. The fraction of sp³-hybridized carbons (Fsp3) is 0.417. The number of nitrogens with zero attached hydrogens (tertiary/aromatic N) is 1. The lowest BCUT2D eigenvalue weighted by molar-refractivity contribution is 0.109. The van der Waals surface area contributed by atoms with Gasteiger partial charge in [0.05, 0.1) is 24.1 Å². The van der Waals surface area contributed by atoms with Crippen LogP contribution in [-0.4, -0.2) is 11.6 Å². The van der Waals surface area contributed by atoms with Gasteiger partial charge in [0.15, 0.2) is 0 Å². The summed E-state index contributed by atoms with van der Waals surface area (Å²) < 4.78 is 10.9. The molecule has 2 aromatic rings. The second kappa shape index (κ2) is 5.95. The van der Waals surface area contributed by atoms with Gasteiger partial charge in [-0.05, 0) is 13.0 Å². The van der Waals surface area contributed by atoms with Gasteiger partial charge < -0.3 is 14.9 Å². The van der Waals surface area contributed by atoms with E-state index < -0.39 is 0 Å². The first-order chi connectivity index (χ1) is 8.29. The van der Waals surface area contributed by atoms with Crippen molar-refractivity contribution in [3.8, 4) is 0 Å². The number of aryl methyl sites for hydroxylation is 1. The van der Waals surface area contributed by atoms with Crippen LogP contribution < -0.4 is 5.73 Å². The van der Waals surface area contributed by atoms with Crippen molar-refractivity contribution in [1.29, 1.82) is 0 Å². The van der Waals surface area contributed by atoms with Gasteiger partial charge in [-0.2, -0.15) is 0 Å². The van der Waals surface area contributed by atoms with E-state index in [9.17, 15) is 0 Å². The molecule has 0 saturated heterocycles. The summed E-state index contributed by atoms with van der Waals surface area (Å²) in [5.41, 5.74) is 9.46. The van der Waals surface area contributed by atoms with E-state index in [0.29, 0.717) is 19.8 Å². The Morgan fingerprint density at radius 3 is 3.06 bits per heavy atom. The second-order valence-electron chi connectivity index (χ2n) is 3.79. The van der Waals surface area contributed by atoms with Gasteiger partial charge in [0, 0.05) is 23.4 Å². The summed E-state index contributed by atoms with van der Waals surface area (Å²) in [5, 5.41) is 0. The van der Waals surface area contributed by atoms with Crippen LogP contribution in [0.1, 0.15) is 21.9 Å². The third kappa shape index (κ3) is 3.39. The van der Waals surface area contributed by atoms with Crippen LogP contribution in [0.15, 0.2) is 22.3 Å². The van der Waals surface area contributed by atoms with Crippen LogP contribution >= 0.6 is 11.3 Å². The number of thiazole rings is 1. The number of hydrogen-bond donors (Lipinski definition) is 1. The summed E-state index contributed by atoms with van der Waals surface area (Å²) in [6, 6.07) is 1.93. The quantitative estimate of drug-likeness (QED) is 0.801. The van der Waals surface area contributed by atoms with Gasteiger partial charge >= 0.3 is 0 Å². The molecule has 0 fully saturated rings. The van der Waals surface area contributed by atoms with E-state index in [1.54, 1.807) is 17.6 Å². The standard InChI is InChI=1S/C12H16N2O2S/c1-9-12(17-8-14-9)2-3-15-7-11-4-10(5-13)6-16-11/h4,6,8H,2-3,5,7,13H2,1H3. The Morgan fingerprint density at radius 2 is 2.41 bits per heavy atom. The van der Waals surface area contributed by atoms with Gasteiger partial charge in [0.1, 0.15) is 12.4 Å². The van der Waals surface area contributed by atoms with Gasteiger partial charge in [0.25, 0.3) is 0 Å². The first-order valence-electron chi connectivity index (χ1n) is 5.52. The predicted octanol–water partition coefficient (Wildman–Crippen LogP) is 2.26. The molecule has 0 aliphatic carbocycles. The number of aromatic nitrogens is 1. The number of rotatable bonds is 6. The molecule has 0 aliphatic heterocycles. The third-order valence-electron chi connectivity index (χ3n) is 2.51. The normalized spacial score (nSPS) is 10.9. The zero-order chi connectivity index (χ0) is 12.1. The monoisotopic (exact) mass is 252 g/mol. The maximum atomic E-state index is 5.55. The summed E-state index contributed by atoms with van der Waals surface area (Å²) in [5.74, 6) is 0.825. The Balaban J connectivity index is 1.71. The number of nitrogens with two attached hydrogens (primary N) is 1. The van der Waals surface area contributed by atoms with Gasteiger partial charge in [-0.1, -0.05) is 0 Å². The fourth-order valence-electron chi connectivity index (χ4n) is 1.51. The Bertz CT molecular complexity index is 465. The van der Waals surface area contributed by atoms with E-state index in [0.717, 1.165) is 23.4 Å². The van der Waals surface area contributed by atoms with E-state index in [1.807, 2.05) is 18.5 Å². The zero-order valence-electron chi connectivity index (χ0n) is 9.81. The molecule has 0 aliphatic rings. The SMILES string of the molecule is Cc1ncsc1CCOCc1cc(CN)co1. The summed E-state index contributed by atoms with van der Waals surface area (Å²) in [7, 11) is 0. The van der Waals surface area contributed by atoms with Gasteiger partial charge in [-0.25, -0.2) is 4.98 Å². The summed E-state index contributed by atoms with van der Waals surface area (Å²) in [4.78, 5) is 5.48. The lowest BCUT2D eigenvalue weighted by Gasteiger charge is -2.01. The summed E-state index contributed by atoms with van der Waals surface area (Å²) in [6.07, 6.45) is 2.58. The summed E-state index contributed by atoms with van der Waals surface area (Å²) in [6.45, 7) is 3.70. The van der Waals surface area contributed by atoms with E-state index in [2.05, 4.69) is 4.98 Å². The molecule has 2 N–H and O–H groups in total. The van der Waals surface area contributed by atoms with Crippen molar-refractivity contribution in [2.45, 2.75) is 26.5 Å². The van der Waals surface area contributed by atoms with Crippen molar-refractivity contribution in [2.75, 3.05) is 6.61 Å². The second-order valence-corrected chi connectivity index (χ2v) is 4.73. The maximum absolute atomic E-state index is 5.55. The topological polar surface area (TPSA) is 61.3 Å². The average Bonchev–Trinajstić information content (AvgIpc) is 2.94. The molecule has 4 nitrogen and oxygen atoms in total. The molecule has 0 atom stereocenters. The molecule has 0 unspecified atom stereocenters. The van der Waals surface area contributed by atoms with Crippen molar-refractivity contribution in [3.05, 3.63) is 39.7 Å². The van der Waals surface area contributed by atoms with Crippen molar-refractivity contribution in [1.82, 2.24) is 4.98 Å². The van der Waals surface area contributed by atoms with Gasteiger partial charge in [-0.15, -0.1) is 11.3 Å². The molecule has 0 radical (unpaired) electrons. The van der Waals surface area contributed by atoms with Crippen LogP contribution in [0.5, 0.6) is 0 Å². The number of ether oxygens (including phenoxy) is 1. The lowest BCUT2D eigenvalue weighted by atomic mass is 10.3. The Hall–Kier alpha value is -1.17. The highest BCUT2D eigenvalue weighted by Gasteiger charge is 2.03. The Kier molecular flexibility index (Phi) is 4.30. The first kappa shape index (κ1) is 12.3. The zero-order valence-corrected chi connectivity index (χ0v) is 10.6. The van der Waals surface area contributed by atoms with Crippen LogP contribution in [0.25, 0.3) is 0 Å². The van der Waals surface area contributed by atoms with Gasteiger partial charge in [-0.3, -0.25) is 0 Å². The van der Waals surface area contributed by atoms with Crippen molar-refractivity contribution < 1.29 is 9.15 Å². The van der Waals surface area contributed by atoms with Crippen molar-refractivity contribution in [3.63, 3.8) is 0 Å². The lowest BCUT2D eigenvalue weighted by Crippen LogP contribution is -1.98. The van der Waals surface area contributed by atoms with E-state index in [4.69, 9.17) is 14.9 Å². The first-order valence-corrected chi connectivity index (χ1v) is 6.40. The molecular weight excluding hydrogens is 236 g/mol. The molecule has 2 rings (SSSR count). The summed E-state index contributed by atoms with van der Waals surface area (Å²) >= 11 is 1.67. The van der Waals surface area contributed by atoms with Crippen LogP contribution in [0, 0.1) is 6.92 Å². The largest absolute Gasteiger partial charge is 0.467 e. The molecule has 92 valence electrons. The molecule has 0 saturated carbocycles. The highest BCUT2D eigenvalue weighted by molar-refractivity contribution is 7.09. The van der Waals surface area contributed by atoms with E-state index >= 15 is 0 Å². The molecular formula is C12H16N2O2S. The molecule has 0 amide bonds. The molecule has 0 bridgehead atoms. The van der Waals surface area contributed by atoms with Crippen molar-refractivity contribution in [2.24, 2.45) is 5.73 Å². The Labute approximate surface area is 104 Å². The highest BCUT2D eigenvalue weighted by Crippen LogP contribution is 2.13. The smallest absolute Gasteiger partial charge is 0.129 e. The predicted molar refractivity (Wildman–Crippen MR) is 66.8 cm³/mol. The molecule has 2 aromatic heterocycles. The van der Waals surface area contributed by atoms with Crippen molar-refractivity contribution >= 4 is 11.3 Å². The van der Waals surface area contributed by atoms with Crippen LogP contribution in [0.3, 0.4) is 0 Å². The van der Waals surface area contributed by atoms with Crippen LogP contribution in [0.2, 0.25) is 0 Å². The highest BCUT2D eigenvalue weighted by atomic mass is 32.1. The Morgan fingerprint density at radius 1 is 1.53 bits per heavy atom. The third-order valence-corrected chi connectivity index (χ3v) is 3.50. The van der Waals surface area contributed by atoms with Crippen LogP contribution in [0.4, 0.5) is 0 Å². The van der Waals surface area contributed by atoms with Crippen LogP contribution in [-0.2, 0) is 24.3 Å². The maximum Gasteiger partial charge on any atom is 0.129 e. The number of furan rings is 1.